The third-order valence-corrected chi connectivity index (χ3v) is 7.23. The van der Waals surface area contributed by atoms with E-state index < -0.39 is 19.0 Å². The average Bonchev–Trinajstić information content (AvgIpc) is 3.22. The monoisotopic (exact) mass is 1080 g/mol. The fourth-order valence-electron chi connectivity index (χ4n) is 4.76. The Bertz CT molecular complexity index is 2020. The number of phenols is 1. The zero-order valence-electron chi connectivity index (χ0n) is 39.0. The number of alkyl halides is 1. The van der Waals surface area contributed by atoms with E-state index in [1.807, 2.05) is 13.8 Å². The van der Waals surface area contributed by atoms with Crippen molar-refractivity contribution >= 4 is 42.3 Å². The number of aliphatic hydroxyl groups is 1. The summed E-state index contributed by atoms with van der Waals surface area (Å²) in [6.07, 6.45) is 1.59. The fourth-order valence-corrected chi connectivity index (χ4v) is 4.76. The predicted molar refractivity (Wildman–Crippen MR) is 362 cm³/mol. The number of benzene rings is 4. The molecule has 20 nitrogen and oxygen atoms in total. The van der Waals surface area contributed by atoms with Crippen LogP contribution in [0.4, 0.5) is 15.8 Å². The van der Waals surface area contributed by atoms with Crippen molar-refractivity contribution in [3.8, 4) is 34.5 Å². The Morgan fingerprint density at radius 3 is 1.41 bits per heavy atom. The molecule has 0 atom stereocenters. The normalized spacial score (nSPS) is 8.78. The number of anilines is 2. The molecule has 0 bridgehead atoms. The molecule has 0 saturated carbocycles. The van der Waals surface area contributed by atoms with Gasteiger partial charge in [0.2, 0.25) is 0 Å². The number of carbonyl (C=O) groups is 5. The molecule has 63 heavy (non-hydrogen) atoms. The number of carbonyl (C=O) groups excluding carboxylic acids is 4. The van der Waals surface area contributed by atoms with Gasteiger partial charge in [0.15, 0.2) is 0 Å². The summed E-state index contributed by atoms with van der Waals surface area (Å²) in [5.74, 6) is 0.765. The van der Waals surface area contributed by atoms with Crippen LogP contribution in [0.2, 0.25) is 0 Å². The first-order valence-electron chi connectivity index (χ1n) is 17.3. The molecule has 4 aromatic rings. The van der Waals surface area contributed by atoms with E-state index in [9.17, 15) is 28.7 Å². The zero-order valence-corrected chi connectivity index (χ0v) is 43.3. The van der Waals surface area contributed by atoms with E-state index in [1.54, 1.807) is 44.2 Å². The van der Waals surface area contributed by atoms with Crippen LogP contribution >= 0.6 is 0 Å². The molecule has 4 aromatic carbocycles. The van der Waals surface area contributed by atoms with Crippen molar-refractivity contribution in [1.29, 1.82) is 0 Å². The molecule has 472 valence electrons. The van der Waals surface area contributed by atoms with Crippen molar-refractivity contribution in [2.75, 3.05) is 60.3 Å². The summed E-state index contributed by atoms with van der Waals surface area (Å²) in [6.45, 7) is 7.40. The Morgan fingerprint density at radius 1 is 0.778 bits per heavy atom. The molecule has 0 aliphatic heterocycles. The van der Waals surface area contributed by atoms with Crippen LogP contribution in [0.5, 0.6) is 34.5 Å². The van der Waals surface area contributed by atoms with E-state index in [2.05, 4.69) is 4.89 Å². The topological polar surface area (TPSA) is 369 Å². The van der Waals surface area contributed by atoms with Crippen molar-refractivity contribution in [3.05, 3.63) is 93.0 Å². The molecular formula is C40H187FK2N4O16. The number of hydrogen-bond acceptors (Lipinski definition) is 17. The van der Waals surface area contributed by atoms with Gasteiger partial charge in [0, 0.05) is 128 Å². The molecule has 0 heterocycles. The molecule has 0 fully saturated rings. The average molecular weight is 1080 g/mol. The Morgan fingerprint density at radius 2 is 1.13 bits per heavy atom. The minimum atomic E-state index is -1.12. The molecule has 4 rings (SSSR count). The Balaban J connectivity index is -0.00000000409. The minimum absolute atomic E-state index is 0. The van der Waals surface area contributed by atoms with Crippen molar-refractivity contribution in [3.63, 3.8) is 0 Å². The van der Waals surface area contributed by atoms with Crippen LogP contribution in [0.15, 0.2) is 48.5 Å². The SMILES string of the molecule is COc1cc(N)c(C(=O)O)c(OC)c1.COc1cc(N)c(C(N)=O)c(OC)c1.Cc1cc(C=O)cc(C)c1O.Cc1cc(C=O)cc(C)c1OCCO.N.O.O=CO[O-].[2H]CF.[H-].[HH].[HH].[HH].[HH].[HH].[HH].[HH].[HH].[HH].[HH].[HH].[HH].[HH].[HH].[HH].[HH].[HH].[HH].[HH].[HH].[HH].[HH].[HH].[HH].[HH].[HH].[HH].[HH].[HH].[HH].[HH].[HH].[HH].[HH].[HH].[HH].[HH].[HH].[HH].[HH].[HH].[HH].[HH].[HH].[HH].[HH].[HH].[HH].[HH].[HH].[HH].[HH].[HH].[HH].[HH].[HH].[HH].[HH].[HH].[HH].[HH].[HH].[HH].[HH].[HH].[K+].[K+]. The molecule has 0 aliphatic rings. The number of nitrogen functional groups attached to an aromatic ring is 2. The number of aldehydes is 2. The Kier molecular flexibility index (Phi) is 42.9. The summed E-state index contributed by atoms with van der Waals surface area (Å²) in [5, 5.41) is 35.2. The fraction of sp³-hybridized carbons (Fsp3) is 0.275. The molecule has 0 unspecified atom stereocenters. The summed E-state index contributed by atoms with van der Waals surface area (Å²) in [7, 11) is 4.77. The van der Waals surface area contributed by atoms with Gasteiger partial charge in [0.05, 0.1) is 54.9 Å². The number of carboxylic acid groups (broad SMARTS) is 1. The number of aromatic hydroxyl groups is 1. The smallest absolute Gasteiger partial charge is 1.00 e. The van der Waals surface area contributed by atoms with Gasteiger partial charge in [0.25, 0.3) is 12.4 Å². The van der Waals surface area contributed by atoms with Crippen LogP contribution in [0.1, 0.15) is 159 Å². The maximum atomic E-state index is 11.0. The van der Waals surface area contributed by atoms with Gasteiger partial charge in [-0.1, -0.05) is 0 Å². The maximum absolute atomic E-state index is 11.0. The second kappa shape index (κ2) is 39.6. The summed E-state index contributed by atoms with van der Waals surface area (Å²) >= 11 is 0. The van der Waals surface area contributed by atoms with Crippen LogP contribution in [-0.2, 0) is 9.68 Å². The van der Waals surface area contributed by atoms with Crippen molar-refractivity contribution in [1.82, 2.24) is 6.15 Å². The number of primary amides is 1. The van der Waals surface area contributed by atoms with Crippen molar-refractivity contribution in [2.24, 2.45) is 5.73 Å². The van der Waals surface area contributed by atoms with Crippen molar-refractivity contribution in [2.45, 2.75) is 27.7 Å². The summed E-state index contributed by atoms with van der Waals surface area (Å²) in [6, 6.07) is 12.8. The molecule has 0 radical (unpaired) electrons. The van der Waals surface area contributed by atoms with Crippen LogP contribution in [0.25, 0.3) is 0 Å². The number of ether oxygens (including phenoxy) is 5. The number of amides is 1. The predicted octanol–water partition coefficient (Wildman–Crippen LogP) is 13.1. The largest absolute Gasteiger partial charge is 1.00 e. The second-order valence-electron chi connectivity index (χ2n) is 11.2. The Labute approximate surface area is 549 Å². The molecular weight excluding hydrogens is 890 g/mol. The van der Waals surface area contributed by atoms with E-state index >= 15 is 0 Å². The summed E-state index contributed by atoms with van der Waals surface area (Å²) in [4.78, 5) is 54.0. The van der Waals surface area contributed by atoms with Gasteiger partial charge in [-0.3, -0.25) is 23.6 Å². The number of rotatable bonds is 12. The standard InChI is InChI=1S/C11H14O3.C9H12N2O3.C9H11NO4.C9H10O2.CH3F.CH2O3.2K.H3N.H2O.65H2.H/c1-8-5-10(7-13)6-9(2)11(8)14-4-3-12;2*1-13-5-3-6(10)8(9(11)12)7(4-5)14-2;1-6-3-8(5-10)4-7(2)9(6)11;1-2;2-1-4-3;;;;;;;;;;;;;;;;;;;;;;;;;;;;;;;;;;;;;;;;;;;;;;;;;;;;;;;;;;;;;;;;;;;;;;/h5-7,12H,3-4H2,1-2H3;3-4H,10H2,1-2H3,(H2,11,12);3-4H,10H2,1-2H3,(H,11,12);3-5,11H,1-2H3;1H3;1,3H;;;1H3;1H2;65*1H;/q;;;;;;2*+1;;;;;;;;;;;;;;;;;;;;;;;;;;;;;;;;;;;;;;;;;;;;;;;;;;;;;;;;;;;;;;;;;;;;-1/p-1/i;;;;1D;;;;;;;;;;;;;;;;;;;;;;;;;;;;;;;;;;;;;;;;;;;;;;;;;;;;;;;;;;;;;;;;;;;;;;;. The van der Waals surface area contributed by atoms with Crippen LogP contribution in [0, 0.1) is 27.7 Å². The number of halogens is 1. The molecule has 0 spiro atoms. The third-order valence-electron chi connectivity index (χ3n) is 7.23. The van der Waals surface area contributed by atoms with Gasteiger partial charge >= 0.3 is 109 Å². The molecule has 23 heteroatoms. The van der Waals surface area contributed by atoms with Gasteiger partial charge < -0.3 is 79.4 Å². The number of nitrogens with two attached hydrogens (primary N) is 3. The number of hydrogen-bond donors (Lipinski definition) is 7. The quantitative estimate of drug-likeness (QED) is 0.0228. The van der Waals surface area contributed by atoms with E-state index in [1.165, 1.54) is 46.6 Å². The summed E-state index contributed by atoms with van der Waals surface area (Å²) < 4.78 is 40.6. The first-order chi connectivity index (χ1) is 28.4. The van der Waals surface area contributed by atoms with Gasteiger partial charge in [-0.05, 0) is 74.2 Å². The number of aryl methyl sites for hydroxylation is 4. The number of methoxy groups -OCH3 is 4. The van der Waals surface area contributed by atoms with Gasteiger partial charge in [-0.2, -0.15) is 0 Å². The van der Waals surface area contributed by atoms with Gasteiger partial charge in [0.1, 0.15) is 64.8 Å². The summed E-state index contributed by atoms with van der Waals surface area (Å²) in [5.41, 5.74) is 21.4. The molecule has 14 N–H and O–H groups in total. The van der Waals surface area contributed by atoms with Gasteiger partial charge in [-0.25, -0.2) is 4.79 Å². The van der Waals surface area contributed by atoms with E-state index in [-0.39, 0.29) is 262 Å². The van der Waals surface area contributed by atoms with Crippen LogP contribution in [0.3, 0.4) is 0 Å². The number of aromatic carboxylic acids is 1. The van der Waals surface area contributed by atoms with Crippen LogP contribution in [-0.4, -0.2) is 101 Å². The number of carboxylic acids is 1. The first kappa shape index (κ1) is 68.1. The number of aliphatic hydroxyl groups excluding tert-OH is 1. The molecule has 0 aromatic heterocycles. The second-order valence-corrected chi connectivity index (χ2v) is 11.2. The third kappa shape index (κ3) is 25.2. The van der Waals surface area contributed by atoms with E-state index in [0.717, 1.165) is 40.6 Å². The molecule has 0 saturated heterocycles. The first-order valence-corrected chi connectivity index (χ1v) is 16.6. The van der Waals surface area contributed by atoms with Crippen LogP contribution < -0.4 is 155 Å². The molecule has 1 amide bonds. The van der Waals surface area contributed by atoms with E-state index in [4.69, 9.17) is 62.5 Å². The molecule has 0 aliphatic carbocycles. The number of phenolic OH excluding ortho intramolecular Hbond substituents is 1. The van der Waals surface area contributed by atoms with Crippen molar-refractivity contribution < 1.29 is 281 Å². The minimum Gasteiger partial charge on any atom is -1.00 e. The van der Waals surface area contributed by atoms with Gasteiger partial charge in [-0.15, -0.1) is 0 Å². The maximum Gasteiger partial charge on any atom is 1.00 e. The van der Waals surface area contributed by atoms with E-state index in [0.29, 0.717) is 28.4 Å². The zero-order chi connectivity index (χ0) is 46.5. The Hall–Kier alpha value is -3.93.